The van der Waals surface area contributed by atoms with Crippen molar-refractivity contribution in [2.75, 3.05) is 13.2 Å². The summed E-state index contributed by atoms with van der Waals surface area (Å²) in [7, 11) is 0. The fourth-order valence-corrected chi connectivity index (χ4v) is 1.87. The second-order valence-electron chi connectivity index (χ2n) is 5.01. The van der Waals surface area contributed by atoms with Crippen molar-refractivity contribution in [1.29, 1.82) is 0 Å². The van der Waals surface area contributed by atoms with Crippen LogP contribution in [-0.2, 0) is 14.3 Å². The number of ether oxygens (including phenoxy) is 2. The largest absolute Gasteiger partial charge is 0.459 e. The molecule has 0 aromatic rings. The van der Waals surface area contributed by atoms with Crippen LogP contribution in [0, 0.1) is 5.41 Å². The Morgan fingerprint density at radius 1 is 1.60 bits per heavy atom. The summed E-state index contributed by atoms with van der Waals surface area (Å²) >= 11 is 0. The predicted molar refractivity (Wildman–Crippen MR) is 58.5 cm³/mol. The second-order valence-corrected chi connectivity index (χ2v) is 5.01. The summed E-state index contributed by atoms with van der Waals surface area (Å²) in [5, 5.41) is 0. The molecule has 86 valence electrons. The Morgan fingerprint density at radius 3 is 2.67 bits per heavy atom. The van der Waals surface area contributed by atoms with Gasteiger partial charge in [-0.3, -0.25) is 0 Å². The zero-order valence-electron chi connectivity index (χ0n) is 9.84. The smallest absolute Gasteiger partial charge is 0.330 e. The molecule has 1 aliphatic rings. The van der Waals surface area contributed by atoms with E-state index in [4.69, 9.17) is 9.47 Å². The van der Waals surface area contributed by atoms with Gasteiger partial charge in [-0.1, -0.05) is 27.4 Å². The number of hydrogen-bond acceptors (Lipinski definition) is 3. The number of carbonyl (C=O) groups is 1. The molecule has 1 fully saturated rings. The Morgan fingerprint density at radius 2 is 2.27 bits per heavy atom. The van der Waals surface area contributed by atoms with E-state index >= 15 is 0 Å². The van der Waals surface area contributed by atoms with E-state index in [2.05, 4.69) is 27.4 Å². The molecule has 1 unspecified atom stereocenters. The molecule has 1 saturated heterocycles. The third kappa shape index (κ3) is 2.59. The maximum Gasteiger partial charge on any atom is 0.330 e. The fraction of sp³-hybridized carbons (Fsp3) is 0.750. The molecule has 0 spiro atoms. The van der Waals surface area contributed by atoms with Gasteiger partial charge in [0.15, 0.2) is 0 Å². The molecule has 0 aliphatic carbocycles. The molecule has 0 aromatic carbocycles. The van der Waals surface area contributed by atoms with Gasteiger partial charge >= 0.3 is 5.97 Å². The van der Waals surface area contributed by atoms with Crippen LogP contribution in [0.2, 0.25) is 0 Å². The molecule has 1 rings (SSSR count). The molecule has 1 atom stereocenters. The lowest BCUT2D eigenvalue weighted by Gasteiger charge is -2.40. The van der Waals surface area contributed by atoms with Gasteiger partial charge in [0.25, 0.3) is 0 Å². The molecule has 15 heavy (non-hydrogen) atoms. The topological polar surface area (TPSA) is 35.5 Å². The normalized spacial score (nSPS) is 26.3. The molecule has 0 saturated carbocycles. The summed E-state index contributed by atoms with van der Waals surface area (Å²) in [4.78, 5) is 11.0. The van der Waals surface area contributed by atoms with Gasteiger partial charge in [0.1, 0.15) is 12.2 Å². The van der Waals surface area contributed by atoms with Crippen molar-refractivity contribution in [2.45, 2.75) is 39.2 Å². The van der Waals surface area contributed by atoms with Crippen LogP contribution in [0.25, 0.3) is 0 Å². The van der Waals surface area contributed by atoms with Crippen molar-refractivity contribution in [2.24, 2.45) is 5.41 Å². The van der Waals surface area contributed by atoms with Crippen LogP contribution in [-0.4, -0.2) is 24.8 Å². The first-order valence-electron chi connectivity index (χ1n) is 5.34. The van der Waals surface area contributed by atoms with Crippen molar-refractivity contribution < 1.29 is 14.3 Å². The highest BCUT2D eigenvalue weighted by atomic mass is 16.6. The number of esters is 1. The van der Waals surface area contributed by atoms with Crippen LogP contribution < -0.4 is 0 Å². The quantitative estimate of drug-likeness (QED) is 0.532. The molecule has 0 bridgehead atoms. The van der Waals surface area contributed by atoms with Gasteiger partial charge in [-0.15, -0.1) is 0 Å². The minimum atomic E-state index is -0.380. The molecule has 0 amide bonds. The van der Waals surface area contributed by atoms with E-state index < -0.39 is 0 Å². The molecule has 0 radical (unpaired) electrons. The number of rotatable bonds is 3. The SMILES string of the molecule is C=CC(=O)OCC1(C(C)(C)C)CCCO1. The summed E-state index contributed by atoms with van der Waals surface area (Å²) in [5.74, 6) is -0.380. The van der Waals surface area contributed by atoms with E-state index in [9.17, 15) is 4.79 Å². The summed E-state index contributed by atoms with van der Waals surface area (Å²) < 4.78 is 10.9. The maximum absolute atomic E-state index is 11.0. The average Bonchev–Trinajstić information content (AvgIpc) is 2.62. The van der Waals surface area contributed by atoms with Crippen LogP contribution in [0.15, 0.2) is 12.7 Å². The van der Waals surface area contributed by atoms with Crippen molar-refractivity contribution >= 4 is 5.97 Å². The molecule has 0 N–H and O–H groups in total. The summed E-state index contributed by atoms with van der Waals surface area (Å²) in [5.41, 5.74) is -0.351. The zero-order chi connectivity index (χ0) is 11.5. The molecule has 1 heterocycles. The van der Waals surface area contributed by atoms with Crippen LogP contribution in [0.3, 0.4) is 0 Å². The molecule has 3 heteroatoms. The van der Waals surface area contributed by atoms with Crippen LogP contribution in [0.4, 0.5) is 0 Å². The van der Waals surface area contributed by atoms with E-state index in [0.717, 1.165) is 19.4 Å². The van der Waals surface area contributed by atoms with E-state index in [0.29, 0.717) is 6.61 Å². The van der Waals surface area contributed by atoms with Gasteiger partial charge in [0, 0.05) is 12.7 Å². The van der Waals surface area contributed by atoms with Crippen molar-refractivity contribution in [3.05, 3.63) is 12.7 Å². The Kier molecular flexibility index (Phi) is 3.55. The first kappa shape index (κ1) is 12.2. The van der Waals surface area contributed by atoms with Gasteiger partial charge in [0.05, 0.1) is 0 Å². The standard InChI is InChI=1S/C12H20O3/c1-5-10(13)14-9-12(11(2,3)4)7-6-8-15-12/h5H,1,6-9H2,2-4H3. The summed E-state index contributed by atoms with van der Waals surface area (Å²) in [6, 6.07) is 0. The fourth-order valence-electron chi connectivity index (χ4n) is 1.87. The minimum Gasteiger partial charge on any atom is -0.459 e. The Labute approximate surface area is 91.4 Å². The van der Waals surface area contributed by atoms with E-state index in [-0.39, 0.29) is 17.0 Å². The predicted octanol–water partition coefficient (Wildman–Crippen LogP) is 2.31. The second kappa shape index (κ2) is 4.35. The highest BCUT2D eigenvalue weighted by Crippen LogP contribution is 2.41. The number of carbonyl (C=O) groups excluding carboxylic acids is 1. The van der Waals surface area contributed by atoms with E-state index in [1.807, 2.05) is 0 Å². The molecule has 3 nitrogen and oxygen atoms in total. The van der Waals surface area contributed by atoms with Gasteiger partial charge < -0.3 is 9.47 Å². The Hall–Kier alpha value is -0.830. The highest BCUT2D eigenvalue weighted by Gasteiger charge is 2.46. The summed E-state index contributed by atoms with van der Waals surface area (Å²) in [6.07, 6.45) is 3.16. The number of hydrogen-bond donors (Lipinski definition) is 0. The average molecular weight is 212 g/mol. The van der Waals surface area contributed by atoms with Crippen molar-refractivity contribution in [1.82, 2.24) is 0 Å². The monoisotopic (exact) mass is 212 g/mol. The van der Waals surface area contributed by atoms with Crippen LogP contribution >= 0.6 is 0 Å². The zero-order valence-corrected chi connectivity index (χ0v) is 9.84. The lowest BCUT2D eigenvalue weighted by atomic mass is 9.75. The molecular formula is C12H20O3. The molecule has 1 aliphatic heterocycles. The van der Waals surface area contributed by atoms with Crippen molar-refractivity contribution in [3.8, 4) is 0 Å². The summed E-state index contributed by atoms with van der Waals surface area (Å²) in [6.45, 7) is 10.8. The lowest BCUT2D eigenvalue weighted by molar-refractivity contribution is -0.157. The van der Waals surface area contributed by atoms with Crippen LogP contribution in [0.5, 0.6) is 0 Å². The minimum absolute atomic E-state index is 0.0229. The first-order chi connectivity index (χ1) is 6.91. The molecular weight excluding hydrogens is 192 g/mol. The first-order valence-corrected chi connectivity index (χ1v) is 5.34. The Balaban J connectivity index is 2.66. The van der Waals surface area contributed by atoms with E-state index in [1.165, 1.54) is 6.08 Å². The van der Waals surface area contributed by atoms with Crippen molar-refractivity contribution in [3.63, 3.8) is 0 Å². The van der Waals surface area contributed by atoms with Gasteiger partial charge in [-0.25, -0.2) is 4.79 Å². The third-order valence-corrected chi connectivity index (χ3v) is 3.08. The third-order valence-electron chi connectivity index (χ3n) is 3.08. The van der Waals surface area contributed by atoms with E-state index in [1.54, 1.807) is 0 Å². The van der Waals surface area contributed by atoms with Gasteiger partial charge in [-0.2, -0.15) is 0 Å². The molecule has 0 aromatic heterocycles. The highest BCUT2D eigenvalue weighted by molar-refractivity contribution is 5.81. The lowest BCUT2D eigenvalue weighted by Crippen LogP contribution is -2.46. The Bertz CT molecular complexity index is 244. The maximum atomic E-state index is 11.0. The van der Waals surface area contributed by atoms with Gasteiger partial charge in [0.2, 0.25) is 0 Å². The van der Waals surface area contributed by atoms with Gasteiger partial charge in [-0.05, 0) is 18.3 Å². The van der Waals surface area contributed by atoms with Crippen LogP contribution in [0.1, 0.15) is 33.6 Å².